The highest BCUT2D eigenvalue weighted by Gasteiger charge is 2.32. The summed E-state index contributed by atoms with van der Waals surface area (Å²) in [4.78, 5) is 23.3. The second-order valence-electron chi connectivity index (χ2n) is 4.42. The van der Waals surface area contributed by atoms with Gasteiger partial charge < -0.3 is 25.4 Å². The highest BCUT2D eigenvalue weighted by molar-refractivity contribution is 5.81. The molecule has 19 heavy (non-hydrogen) atoms. The number of hydrogen-bond donors (Lipinski definition) is 3. The van der Waals surface area contributed by atoms with Gasteiger partial charge in [0.15, 0.2) is 0 Å². The minimum absolute atomic E-state index is 0.0514. The van der Waals surface area contributed by atoms with Gasteiger partial charge in [0.05, 0.1) is 25.7 Å². The average molecular weight is 273 g/mol. The molecular formula is C12H23N3O4. The van der Waals surface area contributed by atoms with E-state index in [9.17, 15) is 9.59 Å². The van der Waals surface area contributed by atoms with Gasteiger partial charge in [0, 0.05) is 32.7 Å². The van der Waals surface area contributed by atoms with Gasteiger partial charge >= 0.3 is 0 Å². The predicted molar refractivity (Wildman–Crippen MR) is 69.7 cm³/mol. The van der Waals surface area contributed by atoms with Crippen molar-refractivity contribution in [1.29, 1.82) is 0 Å². The van der Waals surface area contributed by atoms with E-state index < -0.39 is 0 Å². The first-order valence-corrected chi connectivity index (χ1v) is 6.47. The second kappa shape index (κ2) is 8.84. The van der Waals surface area contributed by atoms with E-state index >= 15 is 0 Å². The number of rotatable bonds is 8. The van der Waals surface area contributed by atoms with Crippen LogP contribution >= 0.6 is 0 Å². The van der Waals surface area contributed by atoms with E-state index in [-0.39, 0.29) is 30.2 Å². The maximum atomic E-state index is 11.9. The molecule has 0 radical (unpaired) electrons. The van der Waals surface area contributed by atoms with Gasteiger partial charge in [0.2, 0.25) is 11.8 Å². The number of ether oxygens (including phenoxy) is 2. The Morgan fingerprint density at radius 3 is 2.74 bits per heavy atom. The Labute approximate surface area is 113 Å². The molecule has 2 unspecified atom stereocenters. The molecule has 0 aromatic heterocycles. The lowest BCUT2D eigenvalue weighted by Crippen LogP contribution is -2.43. The van der Waals surface area contributed by atoms with Crippen molar-refractivity contribution in [2.75, 3.05) is 47.1 Å². The molecule has 2 atom stereocenters. The number of nitrogens with one attached hydrogen (secondary N) is 3. The summed E-state index contributed by atoms with van der Waals surface area (Å²) in [6.45, 7) is 2.29. The van der Waals surface area contributed by atoms with Gasteiger partial charge in [-0.25, -0.2) is 0 Å². The highest BCUT2D eigenvalue weighted by atomic mass is 16.5. The summed E-state index contributed by atoms with van der Waals surface area (Å²) >= 11 is 0. The van der Waals surface area contributed by atoms with Crippen molar-refractivity contribution in [1.82, 2.24) is 16.0 Å². The first-order valence-electron chi connectivity index (χ1n) is 6.47. The molecule has 1 saturated heterocycles. The molecule has 1 aliphatic heterocycles. The van der Waals surface area contributed by atoms with E-state index in [2.05, 4.69) is 16.0 Å². The summed E-state index contributed by atoms with van der Waals surface area (Å²) < 4.78 is 10.1. The third-order valence-electron chi connectivity index (χ3n) is 3.07. The van der Waals surface area contributed by atoms with Crippen LogP contribution in [0.4, 0.5) is 0 Å². The quantitative estimate of drug-likeness (QED) is 0.468. The molecule has 7 heteroatoms. The minimum Gasteiger partial charge on any atom is -0.383 e. The zero-order valence-corrected chi connectivity index (χ0v) is 11.5. The summed E-state index contributed by atoms with van der Waals surface area (Å²) in [7, 11) is 3.39. The van der Waals surface area contributed by atoms with Crippen molar-refractivity contribution in [3.8, 4) is 0 Å². The van der Waals surface area contributed by atoms with Gasteiger partial charge in [0.25, 0.3) is 0 Å². The summed E-state index contributed by atoms with van der Waals surface area (Å²) in [5.74, 6) is -0.340. The van der Waals surface area contributed by atoms with E-state index in [1.807, 2.05) is 7.05 Å². The molecule has 7 nitrogen and oxygen atoms in total. The largest absolute Gasteiger partial charge is 0.383 e. The van der Waals surface area contributed by atoms with Gasteiger partial charge in [-0.2, -0.15) is 0 Å². The van der Waals surface area contributed by atoms with Gasteiger partial charge in [-0.15, -0.1) is 0 Å². The Bertz CT molecular complexity index is 299. The van der Waals surface area contributed by atoms with Crippen LogP contribution in [0, 0.1) is 5.92 Å². The van der Waals surface area contributed by atoms with Crippen LogP contribution in [0.2, 0.25) is 0 Å². The van der Waals surface area contributed by atoms with Gasteiger partial charge in [-0.3, -0.25) is 9.59 Å². The number of hydrogen-bond acceptors (Lipinski definition) is 5. The number of amides is 2. The third kappa shape index (κ3) is 5.54. The molecule has 2 amide bonds. The topological polar surface area (TPSA) is 88.7 Å². The predicted octanol–water partition coefficient (Wildman–Crippen LogP) is -1.51. The van der Waals surface area contributed by atoms with Crippen molar-refractivity contribution in [3.63, 3.8) is 0 Å². The number of likely N-dealkylation sites (N-methyl/N-ethyl adjacent to an activating group) is 1. The van der Waals surface area contributed by atoms with Crippen LogP contribution in [0.3, 0.4) is 0 Å². The molecule has 0 aromatic carbocycles. The summed E-state index contributed by atoms with van der Waals surface area (Å²) in [6, 6.07) is 0.0514. The van der Waals surface area contributed by atoms with Crippen LogP contribution in [0.25, 0.3) is 0 Å². The summed E-state index contributed by atoms with van der Waals surface area (Å²) in [5.41, 5.74) is 0. The van der Waals surface area contributed by atoms with Crippen LogP contribution in [0.15, 0.2) is 0 Å². The normalized spacial score (nSPS) is 22.2. The van der Waals surface area contributed by atoms with Crippen LogP contribution in [0.1, 0.15) is 6.42 Å². The Kier molecular flexibility index (Phi) is 7.39. The summed E-state index contributed by atoms with van der Waals surface area (Å²) in [5, 5.41) is 8.50. The fraction of sp³-hybridized carbons (Fsp3) is 0.833. The number of carbonyl (C=O) groups is 2. The molecular weight excluding hydrogens is 250 g/mol. The molecule has 0 bridgehead atoms. The van der Waals surface area contributed by atoms with Crippen molar-refractivity contribution >= 4 is 11.8 Å². The lowest BCUT2D eigenvalue weighted by Gasteiger charge is -2.16. The van der Waals surface area contributed by atoms with Crippen LogP contribution in [0.5, 0.6) is 0 Å². The lowest BCUT2D eigenvalue weighted by atomic mass is 10.0. The third-order valence-corrected chi connectivity index (χ3v) is 3.07. The smallest absolute Gasteiger partial charge is 0.227 e. The fourth-order valence-electron chi connectivity index (χ4n) is 1.91. The second-order valence-corrected chi connectivity index (χ2v) is 4.42. The molecule has 110 valence electrons. The van der Waals surface area contributed by atoms with E-state index in [0.29, 0.717) is 32.9 Å². The molecule has 1 heterocycles. The molecule has 1 aliphatic rings. The molecule has 1 rings (SSSR count). The summed E-state index contributed by atoms with van der Waals surface area (Å²) in [6.07, 6.45) is 0.271. The Hall–Kier alpha value is -1.18. The average Bonchev–Trinajstić information content (AvgIpc) is 2.87. The monoisotopic (exact) mass is 273 g/mol. The molecule has 3 N–H and O–H groups in total. The highest BCUT2D eigenvalue weighted by Crippen LogP contribution is 2.13. The maximum absolute atomic E-state index is 11.9. The molecule has 0 aromatic rings. The number of methoxy groups -OCH3 is 1. The molecule has 1 fully saturated rings. The standard InChI is InChI=1S/C12H23N3O4/c1-13-10-8-19-7-9(10)12(17)15-4-3-11(16)14-5-6-18-2/h9-10,13H,3-8H2,1-2H3,(H,14,16)(H,15,17). The van der Waals surface area contributed by atoms with Gasteiger partial charge in [-0.1, -0.05) is 0 Å². The fourth-order valence-corrected chi connectivity index (χ4v) is 1.91. The molecule has 0 spiro atoms. The zero-order chi connectivity index (χ0) is 14.1. The van der Waals surface area contributed by atoms with E-state index in [4.69, 9.17) is 9.47 Å². The van der Waals surface area contributed by atoms with Crippen LogP contribution < -0.4 is 16.0 Å². The minimum atomic E-state index is -0.179. The first-order chi connectivity index (χ1) is 9.19. The van der Waals surface area contributed by atoms with Crippen LogP contribution in [-0.2, 0) is 19.1 Å². The lowest BCUT2D eigenvalue weighted by molar-refractivity contribution is -0.125. The van der Waals surface area contributed by atoms with Crippen molar-refractivity contribution < 1.29 is 19.1 Å². The Balaban J connectivity index is 2.14. The molecule has 0 saturated carbocycles. The van der Waals surface area contributed by atoms with E-state index in [0.717, 1.165) is 0 Å². The number of carbonyl (C=O) groups excluding carboxylic acids is 2. The zero-order valence-electron chi connectivity index (χ0n) is 11.5. The Morgan fingerprint density at radius 1 is 1.26 bits per heavy atom. The van der Waals surface area contributed by atoms with E-state index in [1.165, 1.54) is 0 Å². The van der Waals surface area contributed by atoms with Gasteiger partial charge in [-0.05, 0) is 7.05 Å². The Morgan fingerprint density at radius 2 is 2.05 bits per heavy atom. The van der Waals surface area contributed by atoms with Crippen molar-refractivity contribution in [3.05, 3.63) is 0 Å². The molecule has 0 aliphatic carbocycles. The maximum Gasteiger partial charge on any atom is 0.227 e. The van der Waals surface area contributed by atoms with E-state index in [1.54, 1.807) is 7.11 Å². The SMILES string of the molecule is CNC1COCC1C(=O)NCCC(=O)NCCOC. The van der Waals surface area contributed by atoms with Crippen molar-refractivity contribution in [2.24, 2.45) is 5.92 Å². The van der Waals surface area contributed by atoms with Crippen molar-refractivity contribution in [2.45, 2.75) is 12.5 Å². The van der Waals surface area contributed by atoms with Crippen LogP contribution in [-0.4, -0.2) is 64.9 Å². The van der Waals surface area contributed by atoms with Gasteiger partial charge in [0.1, 0.15) is 0 Å². The first kappa shape index (κ1) is 15.9.